The first kappa shape index (κ1) is 16.5. The zero-order valence-electron chi connectivity index (χ0n) is 12.8. The van der Waals surface area contributed by atoms with Gasteiger partial charge in [0.2, 0.25) is 10.0 Å². The molecule has 0 aliphatic heterocycles. The molecule has 1 aromatic carbocycles. The average Bonchev–Trinajstić information content (AvgIpc) is 2.72. The Balaban J connectivity index is 1.77. The Morgan fingerprint density at radius 3 is 2.48 bits per heavy atom. The first-order chi connectivity index (χ1) is 10.1. The molecule has 0 amide bonds. The summed E-state index contributed by atoms with van der Waals surface area (Å²) in [5.41, 5.74) is 0.953. The van der Waals surface area contributed by atoms with Gasteiger partial charge in [-0.15, -0.1) is 0 Å². The molecule has 0 spiro atoms. The van der Waals surface area contributed by atoms with Crippen molar-refractivity contribution in [3.8, 4) is 0 Å². The van der Waals surface area contributed by atoms with Gasteiger partial charge in [0.05, 0.1) is 4.90 Å². The van der Waals surface area contributed by atoms with E-state index in [1.807, 2.05) is 13.0 Å². The fourth-order valence-corrected chi connectivity index (χ4v) is 3.95. The van der Waals surface area contributed by atoms with E-state index in [9.17, 15) is 8.42 Å². The predicted octanol–water partition coefficient (Wildman–Crippen LogP) is 2.59. The Hall–Kier alpha value is -0.910. The Morgan fingerprint density at radius 1 is 1.10 bits per heavy atom. The number of nitrogens with one attached hydrogen (secondary N) is 2. The molecule has 2 rings (SSSR count). The van der Waals surface area contributed by atoms with Gasteiger partial charge in [-0.1, -0.05) is 37.8 Å². The molecular weight excluding hydrogens is 284 g/mol. The van der Waals surface area contributed by atoms with Crippen molar-refractivity contribution in [2.75, 3.05) is 13.1 Å². The molecule has 118 valence electrons. The van der Waals surface area contributed by atoms with Crippen LogP contribution in [0.5, 0.6) is 0 Å². The maximum absolute atomic E-state index is 12.2. The van der Waals surface area contributed by atoms with Crippen molar-refractivity contribution >= 4 is 10.0 Å². The highest BCUT2D eigenvalue weighted by Gasteiger charge is 2.14. The van der Waals surface area contributed by atoms with Crippen LogP contribution in [0.15, 0.2) is 29.2 Å². The third-order valence-electron chi connectivity index (χ3n) is 4.01. The number of hydrogen-bond donors (Lipinski definition) is 2. The molecule has 0 heterocycles. The van der Waals surface area contributed by atoms with Crippen molar-refractivity contribution in [3.05, 3.63) is 29.8 Å². The number of rotatable bonds is 6. The summed E-state index contributed by atoms with van der Waals surface area (Å²) >= 11 is 0. The molecule has 1 aliphatic rings. The highest BCUT2D eigenvalue weighted by molar-refractivity contribution is 7.89. The van der Waals surface area contributed by atoms with Crippen molar-refractivity contribution < 1.29 is 8.42 Å². The summed E-state index contributed by atoms with van der Waals surface area (Å²) in [7, 11) is -3.38. The molecule has 0 saturated heterocycles. The number of aryl methyl sites for hydroxylation is 1. The van der Waals surface area contributed by atoms with Gasteiger partial charge < -0.3 is 5.32 Å². The summed E-state index contributed by atoms with van der Waals surface area (Å²) < 4.78 is 27.0. The normalized spacial score (nSPS) is 17.6. The molecule has 4 nitrogen and oxygen atoms in total. The van der Waals surface area contributed by atoms with Gasteiger partial charge >= 0.3 is 0 Å². The molecule has 0 unspecified atom stereocenters. The quantitative estimate of drug-likeness (QED) is 0.627. The second-order valence-electron chi connectivity index (χ2n) is 5.86. The van der Waals surface area contributed by atoms with Gasteiger partial charge in [0, 0.05) is 19.1 Å². The third-order valence-corrected chi connectivity index (χ3v) is 5.46. The van der Waals surface area contributed by atoms with E-state index in [1.165, 1.54) is 38.5 Å². The molecule has 1 aromatic rings. The van der Waals surface area contributed by atoms with E-state index in [4.69, 9.17) is 0 Å². The van der Waals surface area contributed by atoms with Crippen LogP contribution in [0.3, 0.4) is 0 Å². The second kappa shape index (κ2) is 7.92. The summed E-state index contributed by atoms with van der Waals surface area (Å²) in [6.45, 7) is 3.02. The molecule has 1 aliphatic carbocycles. The second-order valence-corrected chi connectivity index (χ2v) is 7.62. The summed E-state index contributed by atoms with van der Waals surface area (Å²) in [5, 5.41) is 3.47. The van der Waals surface area contributed by atoms with Crippen molar-refractivity contribution in [3.63, 3.8) is 0 Å². The lowest BCUT2D eigenvalue weighted by Crippen LogP contribution is -2.36. The van der Waals surface area contributed by atoms with Gasteiger partial charge in [0.15, 0.2) is 0 Å². The monoisotopic (exact) mass is 310 g/mol. The van der Waals surface area contributed by atoms with Crippen LogP contribution < -0.4 is 10.0 Å². The van der Waals surface area contributed by atoms with Crippen LogP contribution in [0.4, 0.5) is 0 Å². The lowest BCUT2D eigenvalue weighted by atomic mass is 10.1. The number of hydrogen-bond acceptors (Lipinski definition) is 3. The standard InChI is InChI=1S/C16H26N2O2S/c1-14-7-6-10-16(13-14)21(19,20)18-12-11-17-15-8-4-2-3-5-9-15/h6-7,10,13,15,17-18H,2-5,8-9,11-12H2,1H3. The van der Waals surface area contributed by atoms with Crippen LogP contribution in [-0.4, -0.2) is 27.5 Å². The Labute approximate surface area is 128 Å². The molecule has 0 radical (unpaired) electrons. The van der Waals surface area contributed by atoms with E-state index in [0.29, 0.717) is 24.0 Å². The lowest BCUT2D eigenvalue weighted by Gasteiger charge is -2.16. The van der Waals surface area contributed by atoms with Gasteiger partial charge in [-0.3, -0.25) is 0 Å². The molecule has 1 saturated carbocycles. The fourth-order valence-electron chi connectivity index (χ4n) is 2.81. The minimum absolute atomic E-state index is 0.344. The van der Waals surface area contributed by atoms with Crippen LogP contribution >= 0.6 is 0 Å². The minimum Gasteiger partial charge on any atom is -0.313 e. The van der Waals surface area contributed by atoms with Crippen LogP contribution in [0.2, 0.25) is 0 Å². The van der Waals surface area contributed by atoms with Crippen LogP contribution in [0.1, 0.15) is 44.1 Å². The maximum atomic E-state index is 12.2. The molecule has 0 aromatic heterocycles. The molecule has 2 N–H and O–H groups in total. The molecule has 5 heteroatoms. The average molecular weight is 310 g/mol. The van der Waals surface area contributed by atoms with Gasteiger partial charge in [0.25, 0.3) is 0 Å². The fraction of sp³-hybridized carbons (Fsp3) is 0.625. The van der Waals surface area contributed by atoms with Crippen molar-refractivity contribution in [1.29, 1.82) is 0 Å². The van der Waals surface area contributed by atoms with Crippen molar-refractivity contribution in [2.24, 2.45) is 0 Å². The molecule has 1 fully saturated rings. The summed E-state index contributed by atoms with van der Waals surface area (Å²) in [6.07, 6.45) is 7.66. The van der Waals surface area contributed by atoms with E-state index in [2.05, 4.69) is 10.0 Å². The van der Waals surface area contributed by atoms with Gasteiger partial charge in [0.1, 0.15) is 0 Å². The van der Waals surface area contributed by atoms with E-state index < -0.39 is 10.0 Å². The van der Waals surface area contributed by atoms with E-state index in [1.54, 1.807) is 18.2 Å². The van der Waals surface area contributed by atoms with E-state index in [-0.39, 0.29) is 0 Å². The van der Waals surface area contributed by atoms with E-state index in [0.717, 1.165) is 5.56 Å². The summed E-state index contributed by atoms with van der Waals surface area (Å²) in [6, 6.07) is 7.55. The van der Waals surface area contributed by atoms with Gasteiger partial charge in [-0.2, -0.15) is 0 Å². The zero-order chi connectivity index (χ0) is 15.1. The summed E-state index contributed by atoms with van der Waals surface area (Å²) in [4.78, 5) is 0.344. The first-order valence-electron chi connectivity index (χ1n) is 7.88. The number of benzene rings is 1. The minimum atomic E-state index is -3.38. The van der Waals surface area contributed by atoms with Crippen molar-refractivity contribution in [1.82, 2.24) is 10.0 Å². The zero-order valence-corrected chi connectivity index (χ0v) is 13.6. The maximum Gasteiger partial charge on any atom is 0.240 e. The molecular formula is C16H26N2O2S. The molecule has 0 bridgehead atoms. The Kier molecular flexibility index (Phi) is 6.21. The lowest BCUT2D eigenvalue weighted by molar-refractivity contribution is 0.461. The first-order valence-corrected chi connectivity index (χ1v) is 9.36. The predicted molar refractivity (Wildman–Crippen MR) is 85.9 cm³/mol. The van der Waals surface area contributed by atoms with Gasteiger partial charge in [-0.05, 0) is 37.5 Å². The number of sulfonamides is 1. The van der Waals surface area contributed by atoms with Crippen LogP contribution in [-0.2, 0) is 10.0 Å². The Morgan fingerprint density at radius 2 is 1.81 bits per heavy atom. The summed E-state index contributed by atoms with van der Waals surface area (Å²) in [5.74, 6) is 0. The molecule has 0 atom stereocenters. The SMILES string of the molecule is Cc1cccc(S(=O)(=O)NCCNC2CCCCCC2)c1. The Bertz CT molecular complexity index is 535. The van der Waals surface area contributed by atoms with Crippen molar-refractivity contribution in [2.45, 2.75) is 56.4 Å². The van der Waals surface area contributed by atoms with Crippen LogP contribution in [0.25, 0.3) is 0 Å². The van der Waals surface area contributed by atoms with E-state index >= 15 is 0 Å². The molecule has 21 heavy (non-hydrogen) atoms. The smallest absolute Gasteiger partial charge is 0.240 e. The highest BCUT2D eigenvalue weighted by Crippen LogP contribution is 2.17. The van der Waals surface area contributed by atoms with Gasteiger partial charge in [-0.25, -0.2) is 13.1 Å². The third kappa shape index (κ3) is 5.41. The van der Waals surface area contributed by atoms with Crippen LogP contribution in [0, 0.1) is 6.92 Å². The highest BCUT2D eigenvalue weighted by atomic mass is 32.2. The largest absolute Gasteiger partial charge is 0.313 e. The topological polar surface area (TPSA) is 58.2 Å².